The fourth-order valence-corrected chi connectivity index (χ4v) is 6.43. The smallest absolute Gasteiger partial charge is 0.227 e. The van der Waals surface area contributed by atoms with Crippen LogP contribution in [0, 0.1) is 5.21 Å². The number of nitrogens with zero attached hydrogens (tertiary/aromatic N) is 4. The second-order valence-corrected chi connectivity index (χ2v) is 11.2. The molecule has 0 radical (unpaired) electrons. The molecule has 1 aliphatic heterocycles. The molecular formula is C27H27BrCl2N4O2. The first-order chi connectivity index (χ1) is 17.3. The third-order valence-corrected chi connectivity index (χ3v) is 8.25. The van der Waals surface area contributed by atoms with Gasteiger partial charge in [0.1, 0.15) is 0 Å². The van der Waals surface area contributed by atoms with Crippen LogP contribution in [0.1, 0.15) is 53.3 Å². The highest BCUT2D eigenvalue weighted by Crippen LogP contribution is 2.45. The number of piperazine rings is 1. The van der Waals surface area contributed by atoms with Crippen molar-refractivity contribution in [3.8, 4) is 0 Å². The van der Waals surface area contributed by atoms with Crippen LogP contribution >= 0.6 is 39.1 Å². The van der Waals surface area contributed by atoms with E-state index >= 15 is 0 Å². The molecule has 2 aromatic heterocycles. The first-order valence-electron chi connectivity index (χ1n) is 12.2. The zero-order chi connectivity index (χ0) is 25.4. The van der Waals surface area contributed by atoms with Gasteiger partial charge in [0.2, 0.25) is 5.91 Å². The Morgan fingerprint density at radius 3 is 2.58 bits per heavy atom. The molecule has 1 amide bonds. The van der Waals surface area contributed by atoms with Gasteiger partial charge in [0.25, 0.3) is 0 Å². The van der Waals surface area contributed by atoms with E-state index in [4.69, 9.17) is 28.2 Å². The largest absolute Gasteiger partial charge is 0.619 e. The number of hydrogen-bond acceptors (Lipinski definition) is 4. The van der Waals surface area contributed by atoms with Crippen LogP contribution in [-0.2, 0) is 17.6 Å². The van der Waals surface area contributed by atoms with E-state index in [2.05, 4.69) is 33.8 Å². The number of fused-ring (bicyclic) bond motifs is 2. The van der Waals surface area contributed by atoms with Crippen molar-refractivity contribution in [3.05, 3.63) is 96.6 Å². The maximum atomic E-state index is 13.0. The Morgan fingerprint density at radius 2 is 1.89 bits per heavy atom. The van der Waals surface area contributed by atoms with Gasteiger partial charge in [0.15, 0.2) is 12.4 Å². The number of hydrogen-bond donors (Lipinski definition) is 0. The van der Waals surface area contributed by atoms with E-state index in [0.717, 1.165) is 44.4 Å². The van der Waals surface area contributed by atoms with Crippen molar-refractivity contribution >= 4 is 45.0 Å². The molecule has 188 valence electrons. The number of amides is 1. The number of carbonyl (C=O) groups is 1. The van der Waals surface area contributed by atoms with Gasteiger partial charge in [0, 0.05) is 59.0 Å². The molecule has 0 bridgehead atoms. The normalized spacial score (nSPS) is 19.9. The lowest BCUT2D eigenvalue weighted by Gasteiger charge is -2.40. The monoisotopic (exact) mass is 588 g/mol. The lowest BCUT2D eigenvalue weighted by molar-refractivity contribution is -0.605. The van der Waals surface area contributed by atoms with E-state index in [9.17, 15) is 10.0 Å². The second kappa shape index (κ2) is 10.7. The highest BCUT2D eigenvalue weighted by atomic mass is 79.9. The topological polar surface area (TPSA) is 63.4 Å². The fraction of sp³-hybridized carbons (Fsp3) is 0.370. The molecule has 5 rings (SSSR count). The summed E-state index contributed by atoms with van der Waals surface area (Å²) in [5.74, 6) is 0.378. The minimum Gasteiger partial charge on any atom is -0.619 e. The Bertz CT molecular complexity index is 1280. The van der Waals surface area contributed by atoms with Crippen LogP contribution in [0.5, 0.6) is 0 Å². The average molecular weight is 590 g/mol. The van der Waals surface area contributed by atoms with Gasteiger partial charge in [-0.15, -0.1) is 0 Å². The standard InChI is InChI=1S/C27H27BrCl2N4O2/c1-2-18-12-19-13-21(29)15-23(30)25(19)27(26-22(18)14-20(28)16-31-26)33-9-7-32(8-10-33)24(35)11-17-3-5-34(36)6-4-17/h3-6,13-16,18,27H,2,7-12H2,1H3. The van der Waals surface area contributed by atoms with E-state index in [-0.39, 0.29) is 18.4 Å². The summed E-state index contributed by atoms with van der Waals surface area (Å²) >= 11 is 16.9. The van der Waals surface area contributed by atoms with E-state index in [0.29, 0.717) is 42.1 Å². The second-order valence-electron chi connectivity index (χ2n) is 9.46. The van der Waals surface area contributed by atoms with Gasteiger partial charge >= 0.3 is 0 Å². The van der Waals surface area contributed by atoms with Gasteiger partial charge in [-0.2, -0.15) is 4.73 Å². The molecule has 3 aromatic rings. The van der Waals surface area contributed by atoms with Crippen LogP contribution in [0.2, 0.25) is 10.0 Å². The maximum Gasteiger partial charge on any atom is 0.227 e. The van der Waals surface area contributed by atoms with Crippen LogP contribution in [0.15, 0.2) is 53.4 Å². The van der Waals surface area contributed by atoms with Crippen LogP contribution in [0.4, 0.5) is 0 Å². The molecule has 0 spiro atoms. The molecule has 3 heterocycles. The first-order valence-corrected chi connectivity index (χ1v) is 13.7. The van der Waals surface area contributed by atoms with Crippen molar-refractivity contribution in [1.82, 2.24) is 14.8 Å². The molecule has 1 aromatic carbocycles. The SMILES string of the molecule is CCC1Cc2cc(Cl)cc(Cl)c2C(N2CCN(C(=O)Cc3cc[n+]([O-])cc3)CC2)c2ncc(Br)cc21. The summed E-state index contributed by atoms with van der Waals surface area (Å²) in [5, 5.41) is 12.6. The van der Waals surface area contributed by atoms with Gasteiger partial charge in [-0.1, -0.05) is 30.1 Å². The quantitative estimate of drug-likeness (QED) is 0.306. The van der Waals surface area contributed by atoms with Gasteiger partial charge in [0.05, 0.1) is 18.2 Å². The molecular weight excluding hydrogens is 563 g/mol. The summed E-state index contributed by atoms with van der Waals surface area (Å²) in [6, 6.07) is 9.35. The van der Waals surface area contributed by atoms with Crippen LogP contribution in [0.25, 0.3) is 0 Å². The van der Waals surface area contributed by atoms with E-state index in [1.165, 1.54) is 18.0 Å². The molecule has 9 heteroatoms. The lowest BCUT2D eigenvalue weighted by Crippen LogP contribution is -2.50. The molecule has 0 saturated carbocycles. The predicted octanol–water partition coefficient (Wildman–Crippen LogP) is 5.31. The van der Waals surface area contributed by atoms with Gasteiger partial charge in [-0.05, 0) is 75.1 Å². The number of pyridine rings is 2. The third kappa shape index (κ3) is 5.12. The number of benzene rings is 1. The Hall–Kier alpha value is -2.19. The summed E-state index contributed by atoms with van der Waals surface area (Å²) in [5.41, 5.74) is 5.34. The minimum atomic E-state index is -0.108. The van der Waals surface area contributed by atoms with E-state index in [1.54, 1.807) is 12.1 Å². The van der Waals surface area contributed by atoms with Crippen LogP contribution in [-0.4, -0.2) is 46.9 Å². The molecule has 1 fully saturated rings. The van der Waals surface area contributed by atoms with Crippen molar-refractivity contribution in [1.29, 1.82) is 0 Å². The van der Waals surface area contributed by atoms with E-state index in [1.807, 2.05) is 23.2 Å². The molecule has 1 aliphatic carbocycles. The summed E-state index contributed by atoms with van der Waals surface area (Å²) in [7, 11) is 0. The molecule has 6 nitrogen and oxygen atoms in total. The summed E-state index contributed by atoms with van der Waals surface area (Å²) in [6.45, 7) is 4.85. The zero-order valence-electron chi connectivity index (χ0n) is 20.0. The highest BCUT2D eigenvalue weighted by Gasteiger charge is 2.37. The van der Waals surface area contributed by atoms with Crippen molar-refractivity contribution in [2.24, 2.45) is 0 Å². The summed E-state index contributed by atoms with van der Waals surface area (Å²) in [4.78, 5) is 22.2. The molecule has 2 aliphatic rings. The molecule has 2 unspecified atom stereocenters. The number of carbonyl (C=O) groups excluding carboxylic acids is 1. The van der Waals surface area contributed by atoms with E-state index < -0.39 is 0 Å². The summed E-state index contributed by atoms with van der Waals surface area (Å²) in [6.07, 6.45) is 6.83. The van der Waals surface area contributed by atoms with Crippen LogP contribution < -0.4 is 4.73 Å². The molecule has 36 heavy (non-hydrogen) atoms. The van der Waals surface area contributed by atoms with Gasteiger partial charge in [-0.3, -0.25) is 14.7 Å². The fourth-order valence-electron chi connectivity index (χ4n) is 5.44. The number of halogens is 3. The molecule has 2 atom stereocenters. The molecule has 0 N–H and O–H groups in total. The van der Waals surface area contributed by atoms with Crippen molar-refractivity contribution < 1.29 is 9.52 Å². The van der Waals surface area contributed by atoms with Crippen LogP contribution in [0.3, 0.4) is 0 Å². The lowest BCUT2D eigenvalue weighted by atomic mass is 9.91. The number of aromatic nitrogens is 2. The van der Waals surface area contributed by atoms with Crippen molar-refractivity contribution in [2.45, 2.75) is 38.1 Å². The number of rotatable bonds is 4. The Kier molecular flexibility index (Phi) is 7.54. The van der Waals surface area contributed by atoms with Crippen molar-refractivity contribution in [3.63, 3.8) is 0 Å². The predicted molar refractivity (Wildman–Crippen MR) is 144 cm³/mol. The molecule has 1 saturated heterocycles. The highest BCUT2D eigenvalue weighted by molar-refractivity contribution is 9.10. The Morgan fingerprint density at radius 1 is 1.17 bits per heavy atom. The maximum absolute atomic E-state index is 13.0. The third-order valence-electron chi connectivity index (χ3n) is 7.29. The first kappa shape index (κ1) is 25.5. The van der Waals surface area contributed by atoms with Gasteiger partial charge < -0.3 is 10.1 Å². The van der Waals surface area contributed by atoms with Gasteiger partial charge in [-0.25, -0.2) is 0 Å². The zero-order valence-corrected chi connectivity index (χ0v) is 23.1. The Labute approximate surface area is 229 Å². The minimum absolute atomic E-state index is 0.0675. The summed E-state index contributed by atoms with van der Waals surface area (Å²) < 4.78 is 1.69. The van der Waals surface area contributed by atoms with Crippen molar-refractivity contribution in [2.75, 3.05) is 26.2 Å². The Balaban J connectivity index is 1.44. The average Bonchev–Trinajstić information content (AvgIpc) is 2.99.